The van der Waals surface area contributed by atoms with Gasteiger partial charge in [-0.15, -0.1) is 0 Å². The molecule has 7 nitrogen and oxygen atoms in total. The molecule has 1 aliphatic heterocycles. The molecule has 4 bridgehead atoms. The predicted octanol–water partition coefficient (Wildman–Crippen LogP) is 6.27. The highest BCUT2D eigenvalue weighted by Gasteiger charge is 2.52. The lowest BCUT2D eigenvalue weighted by Gasteiger charge is -2.56. The summed E-state index contributed by atoms with van der Waals surface area (Å²) < 4.78 is 0. The van der Waals surface area contributed by atoms with Gasteiger partial charge in [0.2, 0.25) is 0 Å². The zero-order valence-corrected chi connectivity index (χ0v) is 22.0. The number of guanidine groups is 1. The van der Waals surface area contributed by atoms with E-state index in [9.17, 15) is 4.79 Å². The lowest BCUT2D eigenvalue weighted by Crippen LogP contribution is -2.57. The Kier molecular flexibility index (Phi) is 5.90. The molecule has 2 aromatic carbocycles. The number of hydrogen-bond acceptors (Lipinski definition) is 3. The van der Waals surface area contributed by atoms with Gasteiger partial charge in [0.25, 0.3) is 0 Å². The van der Waals surface area contributed by atoms with Gasteiger partial charge in [-0.05, 0) is 98.9 Å². The average Bonchev–Trinajstić information content (AvgIpc) is 3.03. The summed E-state index contributed by atoms with van der Waals surface area (Å²) in [5.74, 6) is 3.20. The molecule has 5 saturated carbocycles. The van der Waals surface area contributed by atoms with Crippen molar-refractivity contribution in [2.24, 2.45) is 51.2 Å². The van der Waals surface area contributed by atoms with E-state index in [-0.39, 0.29) is 18.0 Å². The molecular weight excluding hydrogens is 472 g/mol. The van der Waals surface area contributed by atoms with E-state index in [1.807, 2.05) is 40.2 Å². The second-order valence-electron chi connectivity index (χ2n) is 12.3. The Morgan fingerprint density at radius 1 is 0.842 bits per heavy atom. The van der Waals surface area contributed by atoms with E-state index in [2.05, 4.69) is 23.2 Å². The van der Waals surface area contributed by atoms with Crippen molar-refractivity contribution in [2.45, 2.75) is 70.3 Å². The van der Waals surface area contributed by atoms with Crippen LogP contribution >= 0.6 is 0 Å². The molecule has 198 valence electrons. The molecule has 5 fully saturated rings. The van der Waals surface area contributed by atoms with Crippen molar-refractivity contribution in [2.75, 3.05) is 4.90 Å². The van der Waals surface area contributed by atoms with E-state index >= 15 is 0 Å². The number of carbonyl (C=O) groups is 1. The first-order chi connectivity index (χ1) is 18.5. The monoisotopic (exact) mass is 510 g/mol. The van der Waals surface area contributed by atoms with Gasteiger partial charge in [0, 0.05) is 11.5 Å². The van der Waals surface area contributed by atoms with Crippen molar-refractivity contribution < 1.29 is 4.79 Å². The number of rotatable bonds is 4. The molecule has 8 rings (SSSR count). The highest BCUT2D eigenvalue weighted by atomic mass is 16.2. The number of aliphatic imine (C=N–C) groups is 1. The Morgan fingerprint density at radius 3 is 2.16 bits per heavy atom. The highest BCUT2D eigenvalue weighted by Crippen LogP contribution is 2.56. The topological polar surface area (TPSA) is 100 Å². The molecule has 0 saturated heterocycles. The van der Waals surface area contributed by atoms with Gasteiger partial charge in [-0.2, -0.15) is 5.10 Å². The Labute approximate surface area is 225 Å². The fraction of sp³-hybridized carbons (Fsp3) is 0.516. The molecule has 1 heterocycles. The smallest absolute Gasteiger partial charge is 0.349 e. The number of benzene rings is 2. The van der Waals surface area contributed by atoms with Gasteiger partial charge < -0.3 is 11.5 Å². The van der Waals surface area contributed by atoms with Crippen LogP contribution in [0.25, 0.3) is 0 Å². The third-order valence-electron chi connectivity index (χ3n) is 9.84. The van der Waals surface area contributed by atoms with Crippen molar-refractivity contribution in [1.29, 1.82) is 0 Å². The summed E-state index contributed by atoms with van der Waals surface area (Å²) in [6.07, 6.45) is 12.4. The zero-order chi connectivity index (χ0) is 25.8. The lowest BCUT2D eigenvalue weighted by molar-refractivity contribution is -0.0497. The van der Waals surface area contributed by atoms with Gasteiger partial charge >= 0.3 is 6.03 Å². The van der Waals surface area contributed by atoms with E-state index < -0.39 is 0 Å². The number of urea groups is 1. The molecule has 0 atom stereocenters. The van der Waals surface area contributed by atoms with Crippen LogP contribution in [0.15, 0.2) is 58.6 Å². The summed E-state index contributed by atoms with van der Waals surface area (Å²) in [5.41, 5.74) is 15.8. The number of hydrogen-bond donors (Lipinski definition) is 2. The van der Waals surface area contributed by atoms with Crippen molar-refractivity contribution in [1.82, 2.24) is 5.01 Å². The third-order valence-corrected chi connectivity index (χ3v) is 9.84. The number of nitrogens with zero attached hydrogens (tertiary/aromatic N) is 4. The minimum atomic E-state index is -0.0321. The zero-order valence-electron chi connectivity index (χ0n) is 22.0. The van der Waals surface area contributed by atoms with Gasteiger partial charge in [0.15, 0.2) is 5.96 Å². The summed E-state index contributed by atoms with van der Waals surface area (Å²) >= 11 is 0. The van der Waals surface area contributed by atoms with Crippen molar-refractivity contribution in [3.63, 3.8) is 0 Å². The molecule has 38 heavy (non-hydrogen) atoms. The Bertz CT molecular complexity index is 1250. The number of anilines is 2. The summed E-state index contributed by atoms with van der Waals surface area (Å²) in [5, 5.41) is 7.36. The maximum absolute atomic E-state index is 14.7. The Morgan fingerprint density at radius 2 is 1.50 bits per heavy atom. The molecule has 2 amide bonds. The number of carbonyl (C=O) groups excluding carboxylic acids is 1. The Hall–Kier alpha value is -3.35. The van der Waals surface area contributed by atoms with Gasteiger partial charge in [0.05, 0.1) is 28.8 Å². The maximum atomic E-state index is 14.7. The minimum Gasteiger partial charge on any atom is -0.370 e. The second kappa shape index (κ2) is 9.44. The molecule has 6 aliphatic rings. The second-order valence-corrected chi connectivity index (χ2v) is 12.3. The van der Waals surface area contributed by atoms with Crippen LogP contribution in [0.5, 0.6) is 0 Å². The molecule has 2 aromatic rings. The van der Waals surface area contributed by atoms with Crippen LogP contribution in [0.2, 0.25) is 0 Å². The normalized spacial score (nSPS) is 30.6. The van der Waals surface area contributed by atoms with Crippen molar-refractivity contribution >= 4 is 34.8 Å². The van der Waals surface area contributed by atoms with Gasteiger partial charge in [0.1, 0.15) is 0 Å². The number of fused-ring (bicyclic) bond motifs is 1. The quantitative estimate of drug-likeness (QED) is 0.374. The van der Waals surface area contributed by atoms with Crippen LogP contribution in [0.3, 0.4) is 0 Å². The fourth-order valence-electron chi connectivity index (χ4n) is 8.55. The van der Waals surface area contributed by atoms with Crippen LogP contribution in [0, 0.1) is 29.6 Å². The van der Waals surface area contributed by atoms with Crippen LogP contribution < -0.4 is 16.4 Å². The summed E-state index contributed by atoms with van der Waals surface area (Å²) in [6.45, 7) is 0. The number of amides is 2. The average molecular weight is 511 g/mol. The summed E-state index contributed by atoms with van der Waals surface area (Å²) in [6, 6.07) is 16.1. The minimum absolute atomic E-state index is 0.0209. The van der Waals surface area contributed by atoms with Crippen LogP contribution in [-0.2, 0) is 0 Å². The van der Waals surface area contributed by atoms with Gasteiger partial charge in [-0.1, -0.05) is 37.5 Å². The van der Waals surface area contributed by atoms with Gasteiger partial charge in [-0.3, -0.25) is 4.90 Å². The standard InChI is InChI=1S/C31H38N6O/c32-30(33)34-24-10-12-25(13-11-24)36-27-9-5-4-8-26(27)28(21-6-2-1-3-7-21)35-37(31(36)38)29-22-15-19-14-20(17-22)18-23(29)16-19/h4-5,8-13,19-23,29H,1-3,6-7,14-18H2,(H4,32,33,34). The molecule has 0 aromatic heterocycles. The van der Waals surface area contributed by atoms with E-state index in [1.165, 1.54) is 51.4 Å². The molecule has 0 radical (unpaired) electrons. The fourth-order valence-corrected chi connectivity index (χ4v) is 8.55. The number of para-hydroxylation sites is 1. The summed E-state index contributed by atoms with van der Waals surface area (Å²) in [4.78, 5) is 20.8. The van der Waals surface area contributed by atoms with Crippen LogP contribution in [0.4, 0.5) is 21.9 Å². The molecule has 5 aliphatic carbocycles. The maximum Gasteiger partial charge on any atom is 0.349 e. The highest BCUT2D eigenvalue weighted by molar-refractivity contribution is 6.14. The van der Waals surface area contributed by atoms with Crippen LogP contribution in [0.1, 0.15) is 69.8 Å². The van der Waals surface area contributed by atoms with E-state index in [0.29, 0.717) is 23.4 Å². The predicted molar refractivity (Wildman–Crippen MR) is 152 cm³/mol. The van der Waals surface area contributed by atoms with Gasteiger partial charge in [-0.25, -0.2) is 14.8 Å². The number of nitrogens with two attached hydrogens (primary N) is 2. The van der Waals surface area contributed by atoms with Crippen LogP contribution in [-0.4, -0.2) is 28.8 Å². The molecular formula is C31H38N6O. The first kappa shape index (κ1) is 23.7. The number of hydrazone groups is 1. The Balaban J connectivity index is 1.35. The molecule has 4 N–H and O–H groups in total. The molecule has 0 spiro atoms. The molecule has 7 heteroatoms. The van der Waals surface area contributed by atoms with E-state index in [1.54, 1.807) is 0 Å². The summed E-state index contributed by atoms with van der Waals surface area (Å²) in [7, 11) is 0. The van der Waals surface area contributed by atoms with Crippen molar-refractivity contribution in [3.8, 4) is 0 Å². The first-order valence-corrected chi connectivity index (χ1v) is 14.6. The SMILES string of the molecule is NC(N)=Nc1ccc(N2C(=O)N(C3C4CC5CC(C4)CC3C5)N=C(C3CCCCC3)c3ccccc32)cc1. The third kappa shape index (κ3) is 4.07. The first-order valence-electron chi connectivity index (χ1n) is 14.6. The van der Waals surface area contributed by atoms with E-state index in [0.717, 1.165) is 47.3 Å². The largest absolute Gasteiger partial charge is 0.370 e. The van der Waals surface area contributed by atoms with Crippen molar-refractivity contribution in [3.05, 3.63) is 54.1 Å². The lowest BCUT2D eigenvalue weighted by atomic mass is 9.54. The van der Waals surface area contributed by atoms with E-state index in [4.69, 9.17) is 16.6 Å². The molecule has 0 unspecified atom stereocenters.